The quantitative estimate of drug-likeness (QED) is 0.328. The summed E-state index contributed by atoms with van der Waals surface area (Å²) in [6.45, 7) is 11.8. The molecule has 208 valence electrons. The van der Waals surface area contributed by atoms with Crippen LogP contribution >= 0.6 is 0 Å². The van der Waals surface area contributed by atoms with Gasteiger partial charge in [0.1, 0.15) is 11.8 Å². The van der Waals surface area contributed by atoms with Crippen LogP contribution < -0.4 is 10.1 Å². The maximum absolute atomic E-state index is 12.9. The van der Waals surface area contributed by atoms with Gasteiger partial charge in [-0.25, -0.2) is 4.79 Å². The number of nitrogens with one attached hydrogen (secondary N) is 1. The van der Waals surface area contributed by atoms with E-state index in [0.717, 1.165) is 18.4 Å². The smallest absolute Gasteiger partial charge is 0.334 e. The third kappa shape index (κ3) is 5.06. The molecule has 3 aliphatic rings. The zero-order valence-electron chi connectivity index (χ0n) is 23.2. The molecule has 0 aliphatic heterocycles. The number of hydrogen-bond donors (Lipinski definition) is 3. The molecule has 8 heteroatoms. The van der Waals surface area contributed by atoms with Crippen molar-refractivity contribution in [1.82, 2.24) is 5.32 Å². The molecule has 2 saturated carbocycles. The maximum atomic E-state index is 12.9. The largest absolute Gasteiger partial charge is 0.481 e. The van der Waals surface area contributed by atoms with Crippen molar-refractivity contribution in [3.63, 3.8) is 0 Å². The monoisotopic (exact) mass is 527 g/mol. The van der Waals surface area contributed by atoms with Crippen molar-refractivity contribution < 1.29 is 34.1 Å². The first kappa shape index (κ1) is 28.1. The van der Waals surface area contributed by atoms with E-state index in [0.29, 0.717) is 23.0 Å². The highest BCUT2D eigenvalue weighted by molar-refractivity contribution is 5.89. The Labute approximate surface area is 224 Å². The van der Waals surface area contributed by atoms with Crippen LogP contribution in [0, 0.1) is 29.6 Å². The molecule has 2 fully saturated rings. The van der Waals surface area contributed by atoms with Crippen molar-refractivity contribution in [1.29, 1.82) is 0 Å². The molecule has 0 saturated heterocycles. The van der Waals surface area contributed by atoms with Gasteiger partial charge in [-0.3, -0.25) is 14.4 Å². The fraction of sp³-hybridized carbons (Fsp3) is 0.667. The Morgan fingerprint density at radius 2 is 1.71 bits per heavy atom. The molecule has 38 heavy (non-hydrogen) atoms. The zero-order chi connectivity index (χ0) is 28.0. The van der Waals surface area contributed by atoms with Crippen LogP contribution in [0.25, 0.3) is 0 Å². The van der Waals surface area contributed by atoms with E-state index >= 15 is 0 Å². The molecule has 4 rings (SSSR count). The normalized spacial score (nSPS) is 29.8. The number of amides is 1. The van der Waals surface area contributed by atoms with Crippen molar-refractivity contribution in [2.45, 2.75) is 104 Å². The van der Waals surface area contributed by atoms with Gasteiger partial charge in [0.25, 0.3) is 0 Å². The number of carboxylic acid groups (broad SMARTS) is 2. The van der Waals surface area contributed by atoms with E-state index in [1.807, 2.05) is 19.1 Å². The molecule has 1 aromatic rings. The number of ether oxygens (including phenoxy) is 1. The average Bonchev–Trinajstić information content (AvgIpc) is 3.10. The number of hydrogen-bond acceptors (Lipinski definition) is 5. The summed E-state index contributed by atoms with van der Waals surface area (Å²) in [7, 11) is 0. The van der Waals surface area contributed by atoms with Crippen molar-refractivity contribution in [3.05, 3.63) is 28.8 Å². The van der Waals surface area contributed by atoms with Gasteiger partial charge in [-0.15, -0.1) is 0 Å². The van der Waals surface area contributed by atoms with Gasteiger partial charge in [0.2, 0.25) is 5.91 Å². The highest BCUT2D eigenvalue weighted by Gasteiger charge is 2.61. The van der Waals surface area contributed by atoms with E-state index in [2.05, 4.69) is 33.0 Å². The number of esters is 1. The van der Waals surface area contributed by atoms with Crippen molar-refractivity contribution >= 4 is 23.8 Å². The van der Waals surface area contributed by atoms with Crippen LogP contribution in [0.15, 0.2) is 12.1 Å². The molecule has 3 N–H and O–H groups in total. The molecule has 0 spiro atoms. The summed E-state index contributed by atoms with van der Waals surface area (Å²) < 4.78 is 5.63. The Balaban J connectivity index is 1.56. The third-order valence-corrected chi connectivity index (χ3v) is 9.96. The SMILES string of the molecule is Cc1cc(OC(=O)C(CC(=O)O)NC(=O)CCC(=O)O)cc2c1C1(C)CCC3C(C)(C)CCCC3(C)C1C2. The van der Waals surface area contributed by atoms with Crippen molar-refractivity contribution in [2.75, 3.05) is 0 Å². The number of aliphatic carboxylic acids is 2. The zero-order valence-corrected chi connectivity index (χ0v) is 23.2. The second-order valence-electron chi connectivity index (χ2n) is 12.9. The molecule has 5 atom stereocenters. The number of aryl methyl sites for hydroxylation is 1. The van der Waals surface area contributed by atoms with Gasteiger partial charge in [-0.05, 0) is 95.9 Å². The van der Waals surface area contributed by atoms with Crippen LogP contribution in [0.3, 0.4) is 0 Å². The molecular weight excluding hydrogens is 486 g/mol. The minimum atomic E-state index is -1.41. The summed E-state index contributed by atoms with van der Waals surface area (Å²) in [6, 6.07) is 2.35. The van der Waals surface area contributed by atoms with E-state index in [1.54, 1.807) is 0 Å². The highest BCUT2D eigenvalue weighted by atomic mass is 16.5. The number of carbonyl (C=O) groups excluding carboxylic acids is 2. The van der Waals surface area contributed by atoms with E-state index in [4.69, 9.17) is 9.84 Å². The number of fused-ring (bicyclic) bond motifs is 5. The van der Waals surface area contributed by atoms with E-state index in [-0.39, 0.29) is 17.3 Å². The van der Waals surface area contributed by atoms with Gasteiger partial charge in [-0.1, -0.05) is 34.1 Å². The third-order valence-electron chi connectivity index (χ3n) is 9.96. The molecule has 0 aromatic heterocycles. The lowest BCUT2D eigenvalue weighted by molar-refractivity contribution is -0.146. The lowest BCUT2D eigenvalue weighted by Gasteiger charge is -2.61. The molecule has 0 bridgehead atoms. The predicted molar refractivity (Wildman–Crippen MR) is 141 cm³/mol. The average molecular weight is 528 g/mol. The Morgan fingerprint density at radius 3 is 2.37 bits per heavy atom. The summed E-state index contributed by atoms with van der Waals surface area (Å²) in [5.41, 5.74) is 4.23. The Morgan fingerprint density at radius 1 is 1.00 bits per heavy atom. The number of carbonyl (C=O) groups is 4. The maximum Gasteiger partial charge on any atom is 0.334 e. The van der Waals surface area contributed by atoms with Gasteiger partial charge < -0.3 is 20.3 Å². The Kier molecular flexibility index (Phi) is 7.40. The van der Waals surface area contributed by atoms with E-state index in [1.165, 1.54) is 36.8 Å². The predicted octanol–water partition coefficient (Wildman–Crippen LogP) is 4.78. The summed E-state index contributed by atoms with van der Waals surface area (Å²) in [5.74, 6) is -2.50. The minimum Gasteiger partial charge on any atom is -0.481 e. The van der Waals surface area contributed by atoms with Crippen molar-refractivity contribution in [2.24, 2.45) is 22.7 Å². The van der Waals surface area contributed by atoms with E-state index in [9.17, 15) is 24.3 Å². The van der Waals surface area contributed by atoms with Crippen LogP contribution in [0.2, 0.25) is 0 Å². The molecule has 0 radical (unpaired) electrons. The molecule has 0 heterocycles. The fourth-order valence-corrected chi connectivity index (χ4v) is 8.53. The van der Waals surface area contributed by atoms with Crippen LogP contribution in [0.1, 0.15) is 95.8 Å². The number of carboxylic acids is 2. The first-order valence-corrected chi connectivity index (χ1v) is 13.8. The van der Waals surface area contributed by atoms with Crippen LogP contribution in [-0.4, -0.2) is 40.1 Å². The molecule has 8 nitrogen and oxygen atoms in total. The summed E-state index contributed by atoms with van der Waals surface area (Å²) in [5, 5.41) is 20.4. The lowest BCUT2D eigenvalue weighted by atomic mass is 9.43. The lowest BCUT2D eigenvalue weighted by Crippen LogP contribution is -2.55. The second kappa shape index (κ2) is 10.0. The topological polar surface area (TPSA) is 130 Å². The summed E-state index contributed by atoms with van der Waals surface area (Å²) in [6.07, 6.45) is 5.59. The van der Waals surface area contributed by atoms with Gasteiger partial charge >= 0.3 is 17.9 Å². The van der Waals surface area contributed by atoms with Gasteiger partial charge in [0.05, 0.1) is 12.8 Å². The van der Waals surface area contributed by atoms with E-state index < -0.39 is 42.7 Å². The Bertz CT molecular complexity index is 1160. The Hall–Kier alpha value is -2.90. The second-order valence-corrected chi connectivity index (χ2v) is 12.9. The molecular formula is C30H41NO7. The molecule has 3 aliphatic carbocycles. The van der Waals surface area contributed by atoms with Gasteiger partial charge in [0, 0.05) is 6.42 Å². The first-order valence-electron chi connectivity index (χ1n) is 13.8. The number of benzene rings is 1. The van der Waals surface area contributed by atoms with Gasteiger partial charge in [-0.2, -0.15) is 0 Å². The fourth-order valence-electron chi connectivity index (χ4n) is 8.53. The standard InChI is InChI=1S/C30H41NO7/c1-17-13-19(38-27(37)20(16-25(35)36)31-23(32)7-8-24(33)34)14-18-15-22-29(4)11-6-10-28(2,3)21(29)9-12-30(22,5)26(17)18/h13-14,20-22H,6-12,15-16H2,1-5H3,(H,31,32)(H,33,34)(H,35,36). The molecule has 1 amide bonds. The van der Waals surface area contributed by atoms with Gasteiger partial charge in [0.15, 0.2) is 0 Å². The van der Waals surface area contributed by atoms with Crippen LogP contribution in [-0.2, 0) is 31.0 Å². The van der Waals surface area contributed by atoms with Crippen LogP contribution in [0.5, 0.6) is 5.75 Å². The number of rotatable bonds is 8. The first-order chi connectivity index (χ1) is 17.7. The minimum absolute atomic E-state index is 0.0601. The molecule has 1 aromatic carbocycles. The summed E-state index contributed by atoms with van der Waals surface area (Å²) in [4.78, 5) is 47.1. The van der Waals surface area contributed by atoms with Crippen LogP contribution in [0.4, 0.5) is 0 Å². The van der Waals surface area contributed by atoms with Crippen molar-refractivity contribution in [3.8, 4) is 5.75 Å². The molecule has 5 unspecified atom stereocenters. The highest BCUT2D eigenvalue weighted by Crippen LogP contribution is 2.67. The summed E-state index contributed by atoms with van der Waals surface area (Å²) >= 11 is 0.